The Morgan fingerprint density at radius 2 is 1.61 bits per heavy atom. The number of cyclic esters (lactones) is 1. The topological polar surface area (TPSA) is 194 Å². The lowest BCUT2D eigenvalue weighted by molar-refractivity contribution is -0.302. The van der Waals surface area contributed by atoms with Gasteiger partial charge < -0.3 is 48.3 Å². The van der Waals surface area contributed by atoms with Crippen LogP contribution in [0, 0.1) is 35.5 Å². The third-order valence-electron chi connectivity index (χ3n) is 13.7. The van der Waals surface area contributed by atoms with Gasteiger partial charge in [0.15, 0.2) is 6.79 Å². The van der Waals surface area contributed by atoms with Crippen molar-refractivity contribution in [3.63, 3.8) is 0 Å². The maximum absolute atomic E-state index is 14.4. The third-order valence-corrected chi connectivity index (χ3v) is 13.7. The van der Waals surface area contributed by atoms with E-state index in [9.17, 15) is 34.2 Å². The molecule has 1 amide bonds. The average molecular weight is 878 g/mol. The number of piperidine rings is 1. The van der Waals surface area contributed by atoms with E-state index in [1.54, 1.807) is 27.9 Å². The van der Waals surface area contributed by atoms with Crippen molar-refractivity contribution < 1.29 is 67.3 Å². The Hall–Kier alpha value is -3.05. The van der Waals surface area contributed by atoms with Crippen molar-refractivity contribution in [2.45, 2.75) is 168 Å². The van der Waals surface area contributed by atoms with Crippen molar-refractivity contribution in [1.82, 2.24) is 4.90 Å². The summed E-state index contributed by atoms with van der Waals surface area (Å²) in [6.07, 6.45) is 3.69. The molecule has 14 atom stereocenters. The molecule has 4 aliphatic rings. The molecule has 1 aliphatic carbocycles. The number of allylic oxidation sites excluding steroid dienone is 3. The molecular weight excluding hydrogens is 803 g/mol. The highest BCUT2D eigenvalue weighted by Crippen LogP contribution is 2.40. The molecule has 15 nitrogen and oxygen atoms in total. The van der Waals surface area contributed by atoms with Gasteiger partial charge in [-0.1, -0.05) is 45.4 Å². The van der Waals surface area contributed by atoms with Gasteiger partial charge in [-0.15, -0.1) is 0 Å². The number of esters is 2. The molecule has 14 unspecified atom stereocenters. The highest BCUT2D eigenvalue weighted by Gasteiger charge is 2.56. The van der Waals surface area contributed by atoms with E-state index in [4.69, 9.17) is 33.2 Å². The number of aliphatic hydroxyl groups excluding tert-OH is 1. The zero-order valence-corrected chi connectivity index (χ0v) is 38.8. The summed E-state index contributed by atoms with van der Waals surface area (Å²) >= 11 is 0. The van der Waals surface area contributed by atoms with E-state index >= 15 is 0 Å². The minimum atomic E-state index is -2.52. The quantitative estimate of drug-likeness (QED) is 0.0949. The zero-order chi connectivity index (χ0) is 45.9. The van der Waals surface area contributed by atoms with Crippen molar-refractivity contribution in [3.8, 4) is 0 Å². The first-order valence-corrected chi connectivity index (χ1v) is 22.8. The number of nitrogens with zero attached hydrogens (tertiary/aromatic N) is 1. The molecule has 0 aromatic rings. The summed E-state index contributed by atoms with van der Waals surface area (Å²) in [6.45, 7) is 13.3. The summed E-state index contributed by atoms with van der Waals surface area (Å²) in [4.78, 5) is 71.0. The van der Waals surface area contributed by atoms with Gasteiger partial charge in [0.05, 0.1) is 30.3 Å². The smallest absolute Gasteiger partial charge is 0.329 e. The molecule has 0 spiro atoms. The fraction of sp³-hybridized carbons (Fsp3) is 0.809. The van der Waals surface area contributed by atoms with Crippen LogP contribution >= 0.6 is 0 Å². The monoisotopic (exact) mass is 878 g/mol. The molecule has 3 aliphatic heterocycles. The zero-order valence-electron chi connectivity index (χ0n) is 38.8. The number of hydrogen-bond acceptors (Lipinski definition) is 14. The van der Waals surface area contributed by atoms with Gasteiger partial charge in [-0.2, -0.15) is 0 Å². The van der Waals surface area contributed by atoms with Crippen LogP contribution in [0.25, 0.3) is 0 Å². The fourth-order valence-electron chi connectivity index (χ4n) is 9.97. The number of ketones is 2. The Morgan fingerprint density at radius 3 is 2.26 bits per heavy atom. The van der Waals surface area contributed by atoms with Gasteiger partial charge >= 0.3 is 11.9 Å². The van der Waals surface area contributed by atoms with E-state index in [1.807, 2.05) is 39.8 Å². The number of Topliss-reactive ketones (excluding diaryl/α,β-unsaturated/α-hetero) is 2. The largest absolute Gasteiger partial charge is 0.456 e. The standard InChI is InChI=1S/C47H75NO14/c1-11-33-20-27(3)19-28(4)21-39(57-9)42-40(58-10)23-30(6)47(55,62-42)43(51)44(52)48-18-14-13-15-35(48)46(54)61-41(31(7)36(49)25-37(33)50)29(5)22-32-16-17-34(38(24-32)56-8)45(53)60-26-59-12-2/h20,22,28,30-36,38-42,49,55H,11-19,21,23-26H2,1-10H3. The predicted molar refractivity (Wildman–Crippen MR) is 228 cm³/mol. The van der Waals surface area contributed by atoms with Crippen LogP contribution < -0.4 is 0 Å². The van der Waals surface area contributed by atoms with E-state index < -0.39 is 95.8 Å². The van der Waals surface area contributed by atoms with Gasteiger partial charge in [-0.05, 0) is 102 Å². The third kappa shape index (κ3) is 12.6. The number of hydrogen-bond donors (Lipinski definition) is 2. The maximum Gasteiger partial charge on any atom is 0.329 e. The molecule has 0 aromatic heterocycles. The number of amides is 1. The highest BCUT2D eigenvalue weighted by atomic mass is 16.7. The molecule has 0 radical (unpaired) electrons. The number of carbonyl (C=O) groups excluding carboxylic acids is 5. The van der Waals surface area contributed by atoms with Crippen molar-refractivity contribution in [2.75, 3.05) is 41.3 Å². The summed E-state index contributed by atoms with van der Waals surface area (Å²) in [6, 6.07) is -1.17. The Balaban J connectivity index is 1.73. The van der Waals surface area contributed by atoms with Gasteiger partial charge in [0.1, 0.15) is 24.0 Å². The number of methoxy groups -OCH3 is 3. The van der Waals surface area contributed by atoms with E-state index in [0.29, 0.717) is 63.5 Å². The van der Waals surface area contributed by atoms with Gasteiger partial charge in [-0.25, -0.2) is 4.79 Å². The predicted octanol–water partition coefficient (Wildman–Crippen LogP) is 5.27. The van der Waals surface area contributed by atoms with Gasteiger partial charge in [0.25, 0.3) is 11.7 Å². The molecule has 2 saturated heterocycles. The molecule has 4 rings (SSSR count). The summed E-state index contributed by atoms with van der Waals surface area (Å²) in [5, 5.41) is 23.8. The molecule has 3 fully saturated rings. The molecular formula is C47H75NO14. The minimum Gasteiger partial charge on any atom is -0.456 e. The summed E-state index contributed by atoms with van der Waals surface area (Å²) < 4.78 is 40.6. The van der Waals surface area contributed by atoms with Gasteiger partial charge in [-0.3, -0.25) is 19.2 Å². The lowest BCUT2D eigenvalue weighted by atomic mass is 9.78. The number of aliphatic hydroxyl groups is 2. The van der Waals surface area contributed by atoms with Crippen LogP contribution in [0.2, 0.25) is 0 Å². The molecule has 2 bridgehead atoms. The first-order chi connectivity index (χ1) is 29.4. The van der Waals surface area contributed by atoms with E-state index in [2.05, 4.69) is 0 Å². The molecule has 15 heteroatoms. The van der Waals surface area contributed by atoms with E-state index in [0.717, 1.165) is 5.57 Å². The maximum atomic E-state index is 14.4. The van der Waals surface area contributed by atoms with Crippen LogP contribution in [0.4, 0.5) is 0 Å². The van der Waals surface area contributed by atoms with Crippen LogP contribution in [0.3, 0.4) is 0 Å². The van der Waals surface area contributed by atoms with E-state index in [1.165, 1.54) is 19.1 Å². The highest BCUT2D eigenvalue weighted by molar-refractivity contribution is 6.39. The molecule has 0 aromatic carbocycles. The minimum absolute atomic E-state index is 0.0191. The lowest BCUT2D eigenvalue weighted by Crippen LogP contribution is -2.64. The number of rotatable bonds is 10. The second-order valence-electron chi connectivity index (χ2n) is 18.3. The normalized spacial score (nSPS) is 37.7. The second kappa shape index (κ2) is 23.8. The van der Waals surface area contributed by atoms with Crippen LogP contribution in [0.5, 0.6) is 0 Å². The Bertz CT molecular complexity index is 1600. The molecule has 62 heavy (non-hydrogen) atoms. The Kier molecular flexibility index (Phi) is 19.8. The van der Waals surface area contributed by atoms with Crippen molar-refractivity contribution >= 4 is 29.4 Å². The summed E-state index contributed by atoms with van der Waals surface area (Å²) in [5.41, 5.74) is 1.60. The number of carbonyl (C=O) groups is 5. The van der Waals surface area contributed by atoms with Crippen molar-refractivity contribution in [2.24, 2.45) is 35.5 Å². The van der Waals surface area contributed by atoms with Crippen LogP contribution in [-0.2, 0) is 57.1 Å². The van der Waals surface area contributed by atoms with Crippen molar-refractivity contribution in [3.05, 3.63) is 23.3 Å². The SMILES string of the molecule is CCOCOC(=O)C1CCC(C=C(C)C2OC(=O)C3CCCCN3C(=O)C(=O)C3(O)OC(C(OC)CC(C)CC(C)=CC(CC)C(=O)CC(O)C2C)C(OC)CC3C)CC1OC. The molecule has 352 valence electrons. The Morgan fingerprint density at radius 1 is 0.935 bits per heavy atom. The molecule has 2 N–H and O–H groups in total. The molecule has 1 saturated carbocycles. The Labute approximate surface area is 368 Å². The number of ether oxygens (including phenoxy) is 7. The summed E-state index contributed by atoms with van der Waals surface area (Å²) in [5.74, 6) is -8.67. The second-order valence-corrected chi connectivity index (χ2v) is 18.3. The lowest BCUT2D eigenvalue weighted by Gasteiger charge is -2.47. The fourth-order valence-corrected chi connectivity index (χ4v) is 9.97. The van der Waals surface area contributed by atoms with E-state index in [-0.39, 0.29) is 50.2 Å². The summed E-state index contributed by atoms with van der Waals surface area (Å²) in [7, 11) is 4.60. The van der Waals surface area contributed by atoms with Gasteiger partial charge in [0.2, 0.25) is 5.79 Å². The van der Waals surface area contributed by atoms with Crippen molar-refractivity contribution in [1.29, 1.82) is 0 Å². The van der Waals surface area contributed by atoms with Gasteiger partial charge in [0, 0.05) is 58.7 Å². The number of fused-ring (bicyclic) bond motifs is 3. The van der Waals surface area contributed by atoms with Crippen LogP contribution in [-0.4, -0.2) is 134 Å². The van der Waals surface area contributed by atoms with Crippen LogP contribution in [0.15, 0.2) is 23.3 Å². The average Bonchev–Trinajstić information content (AvgIpc) is 3.25. The first-order valence-electron chi connectivity index (χ1n) is 22.8. The molecule has 3 heterocycles. The first kappa shape index (κ1) is 51.6. The van der Waals surface area contributed by atoms with Crippen LogP contribution in [0.1, 0.15) is 119 Å².